The summed E-state index contributed by atoms with van der Waals surface area (Å²) in [6, 6.07) is 6.34. The summed E-state index contributed by atoms with van der Waals surface area (Å²) in [4.78, 5) is 4.59. The third-order valence-electron chi connectivity index (χ3n) is 4.45. The third-order valence-corrected chi connectivity index (χ3v) is 4.45. The molecule has 6 heteroatoms. The van der Waals surface area contributed by atoms with Crippen LogP contribution in [0, 0.1) is 0 Å². The molecule has 0 spiro atoms. The summed E-state index contributed by atoms with van der Waals surface area (Å²) < 4.78 is 11.0. The van der Waals surface area contributed by atoms with Crippen molar-refractivity contribution in [3.05, 3.63) is 29.7 Å². The Balaban J connectivity index is 0.00000144. The van der Waals surface area contributed by atoms with Crippen molar-refractivity contribution in [1.29, 1.82) is 0 Å². The highest BCUT2D eigenvalue weighted by molar-refractivity contribution is 5.85. The van der Waals surface area contributed by atoms with Crippen LogP contribution >= 0.6 is 12.4 Å². The number of nitrogens with two attached hydrogens (primary N) is 1. The highest BCUT2D eigenvalue weighted by Crippen LogP contribution is 2.33. The number of hydrogen-bond acceptors (Lipinski definition) is 5. The Bertz CT molecular complexity index is 659. The van der Waals surface area contributed by atoms with Crippen LogP contribution in [0.4, 0.5) is 0 Å². The quantitative estimate of drug-likeness (QED) is 0.920. The Hall–Kier alpha value is -1.59. The van der Waals surface area contributed by atoms with Gasteiger partial charge in [0, 0.05) is 23.9 Å². The van der Waals surface area contributed by atoms with Crippen molar-refractivity contribution >= 4 is 12.4 Å². The van der Waals surface area contributed by atoms with E-state index in [9.17, 15) is 0 Å². The van der Waals surface area contributed by atoms with Crippen LogP contribution in [-0.4, -0.2) is 22.8 Å². The van der Waals surface area contributed by atoms with E-state index < -0.39 is 0 Å². The van der Waals surface area contributed by atoms with Crippen molar-refractivity contribution in [3.63, 3.8) is 0 Å². The molecular formula is C16H20ClN3O2. The Labute approximate surface area is 135 Å². The molecular weight excluding hydrogens is 302 g/mol. The van der Waals surface area contributed by atoms with E-state index in [1.807, 2.05) is 12.1 Å². The van der Waals surface area contributed by atoms with Gasteiger partial charge in [0.05, 0.1) is 6.61 Å². The number of halogens is 1. The van der Waals surface area contributed by atoms with Crippen molar-refractivity contribution in [1.82, 2.24) is 10.1 Å². The van der Waals surface area contributed by atoms with Gasteiger partial charge in [0.2, 0.25) is 11.7 Å². The first kappa shape index (κ1) is 15.3. The van der Waals surface area contributed by atoms with E-state index in [2.05, 4.69) is 16.2 Å². The fraction of sp³-hybridized carbons (Fsp3) is 0.500. The second-order valence-electron chi connectivity index (χ2n) is 6.00. The van der Waals surface area contributed by atoms with E-state index in [4.69, 9.17) is 15.0 Å². The van der Waals surface area contributed by atoms with Gasteiger partial charge in [-0.15, -0.1) is 12.4 Å². The standard InChI is InChI=1S/C16H19N3O2.ClH/c17-13-3-1-2-12(9-13)16-18-15(19-21-16)11-4-5-14-10(8-11)6-7-20-14;/h4-5,8,12-13H,1-3,6-7,9,17H2;1H. The van der Waals surface area contributed by atoms with Crippen LogP contribution in [0.25, 0.3) is 11.4 Å². The molecule has 5 nitrogen and oxygen atoms in total. The minimum absolute atomic E-state index is 0. The maximum atomic E-state index is 6.04. The molecule has 118 valence electrons. The molecule has 1 saturated carbocycles. The first-order valence-electron chi connectivity index (χ1n) is 7.65. The van der Waals surface area contributed by atoms with Gasteiger partial charge >= 0.3 is 0 Å². The number of nitrogens with zero attached hydrogens (tertiary/aromatic N) is 2. The molecule has 1 aromatic carbocycles. The maximum absolute atomic E-state index is 6.04. The number of fused-ring (bicyclic) bond motifs is 1. The smallest absolute Gasteiger partial charge is 0.230 e. The van der Waals surface area contributed by atoms with Gasteiger partial charge < -0.3 is 15.0 Å². The number of aromatic nitrogens is 2. The van der Waals surface area contributed by atoms with Gasteiger partial charge in [-0.1, -0.05) is 11.6 Å². The van der Waals surface area contributed by atoms with E-state index in [0.29, 0.717) is 11.7 Å². The van der Waals surface area contributed by atoms with Gasteiger partial charge in [0.25, 0.3) is 0 Å². The average molecular weight is 322 g/mol. The van der Waals surface area contributed by atoms with Crippen LogP contribution in [-0.2, 0) is 6.42 Å². The summed E-state index contributed by atoms with van der Waals surface area (Å²) in [7, 11) is 0. The highest BCUT2D eigenvalue weighted by Gasteiger charge is 2.26. The van der Waals surface area contributed by atoms with Gasteiger partial charge in [-0.3, -0.25) is 0 Å². The van der Waals surface area contributed by atoms with Crippen molar-refractivity contribution in [2.45, 2.75) is 44.1 Å². The maximum Gasteiger partial charge on any atom is 0.230 e. The Morgan fingerprint density at radius 2 is 2.14 bits per heavy atom. The lowest BCUT2D eigenvalue weighted by molar-refractivity contribution is 0.299. The molecule has 1 aromatic heterocycles. The number of rotatable bonds is 2. The predicted molar refractivity (Wildman–Crippen MR) is 85.4 cm³/mol. The zero-order chi connectivity index (χ0) is 14.2. The first-order chi connectivity index (χ1) is 10.3. The molecule has 22 heavy (non-hydrogen) atoms. The zero-order valence-electron chi connectivity index (χ0n) is 12.3. The summed E-state index contributed by atoms with van der Waals surface area (Å²) >= 11 is 0. The van der Waals surface area contributed by atoms with Crippen molar-refractivity contribution in [2.75, 3.05) is 6.61 Å². The molecule has 1 fully saturated rings. The van der Waals surface area contributed by atoms with Crippen molar-refractivity contribution in [3.8, 4) is 17.1 Å². The van der Waals surface area contributed by atoms with Crippen LogP contribution in [0.3, 0.4) is 0 Å². The van der Waals surface area contributed by atoms with Crippen LogP contribution in [0.5, 0.6) is 5.75 Å². The lowest BCUT2D eigenvalue weighted by atomic mass is 9.86. The van der Waals surface area contributed by atoms with Crippen LogP contribution in [0.2, 0.25) is 0 Å². The third kappa shape index (κ3) is 2.83. The normalized spacial score (nSPS) is 23.5. The second kappa shape index (κ2) is 6.26. The van der Waals surface area contributed by atoms with E-state index in [1.165, 1.54) is 5.56 Å². The fourth-order valence-electron chi connectivity index (χ4n) is 3.30. The monoisotopic (exact) mass is 321 g/mol. The lowest BCUT2D eigenvalue weighted by Crippen LogP contribution is -2.26. The van der Waals surface area contributed by atoms with Gasteiger partial charge in [-0.05, 0) is 43.0 Å². The van der Waals surface area contributed by atoms with Crippen LogP contribution in [0.15, 0.2) is 22.7 Å². The molecule has 2 N–H and O–H groups in total. The second-order valence-corrected chi connectivity index (χ2v) is 6.00. The van der Waals surface area contributed by atoms with E-state index in [0.717, 1.165) is 55.9 Å². The molecule has 0 saturated heterocycles. The average Bonchev–Trinajstić information content (AvgIpc) is 3.15. The number of hydrogen-bond donors (Lipinski definition) is 1. The predicted octanol–water partition coefficient (Wildman–Crippen LogP) is 3.08. The molecule has 2 heterocycles. The summed E-state index contributed by atoms with van der Waals surface area (Å²) in [5.41, 5.74) is 8.25. The molecule has 1 aliphatic carbocycles. The largest absolute Gasteiger partial charge is 0.493 e. The van der Waals surface area contributed by atoms with Gasteiger partial charge in [-0.25, -0.2) is 0 Å². The molecule has 2 aliphatic rings. The molecule has 2 aromatic rings. The van der Waals surface area contributed by atoms with E-state index >= 15 is 0 Å². The topological polar surface area (TPSA) is 74.2 Å². The van der Waals surface area contributed by atoms with Crippen molar-refractivity contribution < 1.29 is 9.26 Å². The highest BCUT2D eigenvalue weighted by atomic mass is 35.5. The molecule has 2 unspecified atom stereocenters. The SMILES string of the molecule is Cl.NC1CCCC(c2nc(-c3ccc4c(c3)CCO4)no2)C1. The van der Waals surface area contributed by atoms with Crippen molar-refractivity contribution in [2.24, 2.45) is 5.73 Å². The van der Waals surface area contributed by atoms with Gasteiger partial charge in [0.1, 0.15) is 5.75 Å². The van der Waals surface area contributed by atoms with Gasteiger partial charge in [-0.2, -0.15) is 4.98 Å². The van der Waals surface area contributed by atoms with E-state index in [-0.39, 0.29) is 18.4 Å². The summed E-state index contributed by atoms with van der Waals surface area (Å²) in [6.07, 6.45) is 5.22. The summed E-state index contributed by atoms with van der Waals surface area (Å²) in [6.45, 7) is 0.760. The summed E-state index contributed by atoms with van der Waals surface area (Å²) in [5, 5.41) is 4.14. The first-order valence-corrected chi connectivity index (χ1v) is 7.65. The minimum Gasteiger partial charge on any atom is -0.493 e. The fourth-order valence-corrected chi connectivity index (χ4v) is 3.30. The number of benzene rings is 1. The Kier molecular flexibility index (Phi) is 4.36. The summed E-state index contributed by atoms with van der Waals surface area (Å²) in [5.74, 6) is 2.68. The molecule has 0 bridgehead atoms. The molecule has 4 rings (SSSR count). The van der Waals surface area contributed by atoms with Crippen LogP contribution in [0.1, 0.15) is 43.1 Å². The Morgan fingerprint density at radius 1 is 1.23 bits per heavy atom. The Morgan fingerprint density at radius 3 is 3.00 bits per heavy atom. The minimum atomic E-state index is 0. The van der Waals surface area contributed by atoms with E-state index in [1.54, 1.807) is 0 Å². The molecule has 0 amide bonds. The molecule has 1 aliphatic heterocycles. The van der Waals surface area contributed by atoms with Crippen LogP contribution < -0.4 is 10.5 Å². The molecule has 0 radical (unpaired) electrons. The number of ether oxygens (including phenoxy) is 1. The van der Waals surface area contributed by atoms with Gasteiger partial charge in [0.15, 0.2) is 0 Å². The zero-order valence-corrected chi connectivity index (χ0v) is 13.1. The molecule has 2 atom stereocenters. The lowest BCUT2D eigenvalue weighted by Gasteiger charge is -2.23.